The Balaban J connectivity index is 1.79. The summed E-state index contributed by atoms with van der Waals surface area (Å²) in [6.07, 6.45) is 3.75. The number of pyridine rings is 1. The van der Waals surface area contributed by atoms with Gasteiger partial charge in [-0.25, -0.2) is 18.4 Å². The van der Waals surface area contributed by atoms with Crippen LogP contribution < -0.4 is 10.2 Å². The minimum atomic E-state index is -3.15. The Kier molecular flexibility index (Phi) is 5.14. The zero-order valence-electron chi connectivity index (χ0n) is 14.4. The van der Waals surface area contributed by atoms with Crippen molar-refractivity contribution in [2.24, 2.45) is 0 Å². The lowest BCUT2D eigenvalue weighted by Crippen LogP contribution is -2.48. The summed E-state index contributed by atoms with van der Waals surface area (Å²) >= 11 is 0. The number of rotatable bonds is 5. The molecule has 3 rings (SSSR count). The van der Waals surface area contributed by atoms with Crippen LogP contribution in [0.4, 0.5) is 17.6 Å². The van der Waals surface area contributed by atoms with E-state index < -0.39 is 10.0 Å². The Morgan fingerprint density at radius 3 is 2.48 bits per heavy atom. The maximum atomic E-state index is 11.6. The molecule has 1 saturated heterocycles. The number of aromatic nitrogens is 3. The van der Waals surface area contributed by atoms with Crippen LogP contribution >= 0.6 is 0 Å². The Bertz CT molecular complexity index is 820. The Hall–Kier alpha value is -2.26. The van der Waals surface area contributed by atoms with Crippen molar-refractivity contribution in [3.63, 3.8) is 0 Å². The third-order valence-corrected chi connectivity index (χ3v) is 5.34. The fourth-order valence-electron chi connectivity index (χ4n) is 2.66. The second-order valence-corrected chi connectivity index (χ2v) is 7.87. The molecule has 25 heavy (non-hydrogen) atoms. The lowest BCUT2D eigenvalue weighted by atomic mass is 10.3. The topological polar surface area (TPSA) is 91.3 Å². The van der Waals surface area contributed by atoms with Gasteiger partial charge in [0.05, 0.1) is 6.26 Å². The van der Waals surface area contributed by atoms with Crippen LogP contribution in [0, 0.1) is 0 Å². The second kappa shape index (κ2) is 7.32. The molecule has 0 spiro atoms. The number of sulfonamides is 1. The molecule has 9 heteroatoms. The molecule has 1 aliphatic heterocycles. The third kappa shape index (κ3) is 4.43. The lowest BCUT2D eigenvalue weighted by Gasteiger charge is -2.33. The van der Waals surface area contributed by atoms with E-state index in [9.17, 15) is 8.42 Å². The fourth-order valence-corrected chi connectivity index (χ4v) is 3.48. The van der Waals surface area contributed by atoms with Gasteiger partial charge in [0, 0.05) is 44.1 Å². The summed E-state index contributed by atoms with van der Waals surface area (Å²) in [6, 6.07) is 7.54. The molecular weight excluding hydrogens is 340 g/mol. The maximum absolute atomic E-state index is 11.6. The first-order chi connectivity index (χ1) is 12.0. The minimum Gasteiger partial charge on any atom is -0.338 e. The van der Waals surface area contributed by atoms with E-state index in [0.717, 1.165) is 17.9 Å². The standard InChI is InChI=1S/C16H22N6O2S/c1-3-13-12-15(19-14-6-4-5-7-17-14)20-16(18-13)21-8-10-22(11-9-21)25(2,23)24/h4-7,12H,3,8-11H2,1-2H3,(H,17,18,19,20). The van der Waals surface area contributed by atoms with Crippen molar-refractivity contribution in [2.75, 3.05) is 42.7 Å². The van der Waals surface area contributed by atoms with Crippen LogP contribution in [0.5, 0.6) is 0 Å². The van der Waals surface area contributed by atoms with Crippen LogP contribution in [0.2, 0.25) is 0 Å². The molecule has 0 aromatic carbocycles. The second-order valence-electron chi connectivity index (χ2n) is 5.89. The van der Waals surface area contributed by atoms with Gasteiger partial charge in [-0.2, -0.15) is 9.29 Å². The lowest BCUT2D eigenvalue weighted by molar-refractivity contribution is 0.385. The number of nitrogens with one attached hydrogen (secondary N) is 1. The van der Waals surface area contributed by atoms with Gasteiger partial charge < -0.3 is 10.2 Å². The van der Waals surface area contributed by atoms with Crippen molar-refractivity contribution >= 4 is 27.6 Å². The fraction of sp³-hybridized carbons (Fsp3) is 0.438. The van der Waals surface area contributed by atoms with E-state index in [1.807, 2.05) is 36.1 Å². The summed E-state index contributed by atoms with van der Waals surface area (Å²) in [4.78, 5) is 15.4. The Morgan fingerprint density at radius 2 is 1.88 bits per heavy atom. The number of hydrogen-bond donors (Lipinski definition) is 1. The summed E-state index contributed by atoms with van der Waals surface area (Å²) in [7, 11) is -3.15. The van der Waals surface area contributed by atoms with Gasteiger partial charge in [0.25, 0.3) is 0 Å². The molecule has 0 amide bonds. The molecule has 0 unspecified atom stereocenters. The SMILES string of the molecule is CCc1cc(Nc2ccccn2)nc(N2CCN(S(C)(=O)=O)CC2)n1. The number of anilines is 3. The van der Waals surface area contributed by atoms with Gasteiger partial charge in [0.15, 0.2) is 0 Å². The van der Waals surface area contributed by atoms with E-state index in [1.54, 1.807) is 6.20 Å². The van der Waals surface area contributed by atoms with Crippen molar-refractivity contribution < 1.29 is 8.42 Å². The monoisotopic (exact) mass is 362 g/mol. The van der Waals surface area contributed by atoms with Crippen LogP contribution in [0.15, 0.2) is 30.5 Å². The highest BCUT2D eigenvalue weighted by molar-refractivity contribution is 7.88. The van der Waals surface area contributed by atoms with Crippen LogP contribution in [-0.4, -0.2) is 60.1 Å². The molecule has 1 fully saturated rings. The average Bonchev–Trinajstić information content (AvgIpc) is 2.61. The Morgan fingerprint density at radius 1 is 1.12 bits per heavy atom. The molecule has 2 aromatic heterocycles. The first-order valence-electron chi connectivity index (χ1n) is 8.22. The van der Waals surface area contributed by atoms with Crippen molar-refractivity contribution in [3.05, 3.63) is 36.2 Å². The van der Waals surface area contributed by atoms with E-state index in [2.05, 4.69) is 20.3 Å². The molecule has 2 aromatic rings. The smallest absolute Gasteiger partial charge is 0.227 e. The molecule has 8 nitrogen and oxygen atoms in total. The molecule has 0 aliphatic carbocycles. The van der Waals surface area contributed by atoms with Crippen LogP contribution in [0.1, 0.15) is 12.6 Å². The zero-order valence-corrected chi connectivity index (χ0v) is 15.2. The van der Waals surface area contributed by atoms with Crippen molar-refractivity contribution in [1.82, 2.24) is 19.3 Å². The van der Waals surface area contributed by atoms with Crippen LogP contribution in [0.25, 0.3) is 0 Å². The highest BCUT2D eigenvalue weighted by atomic mass is 32.2. The van der Waals surface area contributed by atoms with Crippen molar-refractivity contribution in [1.29, 1.82) is 0 Å². The van der Waals surface area contributed by atoms with Gasteiger partial charge in [0.1, 0.15) is 11.6 Å². The third-order valence-electron chi connectivity index (χ3n) is 4.04. The predicted molar refractivity (Wildman–Crippen MR) is 97.6 cm³/mol. The molecular formula is C16H22N6O2S. The molecule has 1 N–H and O–H groups in total. The van der Waals surface area contributed by atoms with Crippen molar-refractivity contribution in [3.8, 4) is 0 Å². The molecule has 0 atom stereocenters. The van der Waals surface area contributed by atoms with Crippen molar-refractivity contribution in [2.45, 2.75) is 13.3 Å². The molecule has 0 saturated carbocycles. The zero-order chi connectivity index (χ0) is 17.9. The predicted octanol–water partition coefficient (Wildman–Crippen LogP) is 1.26. The van der Waals surface area contributed by atoms with E-state index in [-0.39, 0.29) is 0 Å². The van der Waals surface area contributed by atoms with Gasteiger partial charge in [-0.1, -0.05) is 13.0 Å². The summed E-state index contributed by atoms with van der Waals surface area (Å²) in [5.41, 5.74) is 0.925. The Labute approximate surface area is 148 Å². The van der Waals surface area contributed by atoms with E-state index in [0.29, 0.717) is 37.9 Å². The highest BCUT2D eigenvalue weighted by Gasteiger charge is 2.25. The largest absolute Gasteiger partial charge is 0.338 e. The van der Waals surface area contributed by atoms with Crippen LogP contribution in [0.3, 0.4) is 0 Å². The highest BCUT2D eigenvalue weighted by Crippen LogP contribution is 2.19. The number of piperazine rings is 1. The summed E-state index contributed by atoms with van der Waals surface area (Å²) in [6.45, 7) is 4.08. The quantitative estimate of drug-likeness (QED) is 0.856. The number of aryl methyl sites for hydroxylation is 1. The van der Waals surface area contributed by atoms with Gasteiger partial charge in [-0.05, 0) is 18.6 Å². The van der Waals surface area contributed by atoms with Crippen LogP contribution in [-0.2, 0) is 16.4 Å². The summed E-state index contributed by atoms with van der Waals surface area (Å²) < 4.78 is 24.8. The number of hydrogen-bond acceptors (Lipinski definition) is 7. The molecule has 3 heterocycles. The maximum Gasteiger partial charge on any atom is 0.227 e. The first kappa shape index (κ1) is 17.6. The average molecular weight is 362 g/mol. The van der Waals surface area contributed by atoms with Gasteiger partial charge >= 0.3 is 0 Å². The minimum absolute atomic E-state index is 0.446. The molecule has 0 radical (unpaired) electrons. The van der Waals surface area contributed by atoms with E-state index in [1.165, 1.54) is 10.6 Å². The molecule has 1 aliphatic rings. The van der Waals surface area contributed by atoms with E-state index >= 15 is 0 Å². The first-order valence-corrected chi connectivity index (χ1v) is 10.1. The van der Waals surface area contributed by atoms with Gasteiger partial charge in [0.2, 0.25) is 16.0 Å². The van der Waals surface area contributed by atoms with Gasteiger partial charge in [-0.15, -0.1) is 0 Å². The molecule has 0 bridgehead atoms. The van der Waals surface area contributed by atoms with Gasteiger partial charge in [-0.3, -0.25) is 0 Å². The summed E-state index contributed by atoms with van der Waals surface area (Å²) in [5, 5.41) is 3.20. The summed E-state index contributed by atoms with van der Waals surface area (Å²) in [5.74, 6) is 2.02. The normalized spacial score (nSPS) is 16.0. The number of nitrogens with zero attached hydrogens (tertiary/aromatic N) is 5. The van der Waals surface area contributed by atoms with E-state index in [4.69, 9.17) is 0 Å². The molecule has 134 valence electrons.